The van der Waals surface area contributed by atoms with E-state index in [0.29, 0.717) is 11.3 Å². The minimum absolute atomic E-state index is 0.0367. The van der Waals surface area contributed by atoms with Gasteiger partial charge in [-0.05, 0) is 35.7 Å². The molecule has 2 N–H and O–H groups in total. The Kier molecular flexibility index (Phi) is 5.12. The summed E-state index contributed by atoms with van der Waals surface area (Å²) in [5, 5.41) is 11.6. The van der Waals surface area contributed by atoms with Gasteiger partial charge in [0, 0.05) is 24.0 Å². The third-order valence-corrected chi connectivity index (χ3v) is 5.17. The molecule has 31 heavy (non-hydrogen) atoms. The average molecular weight is 428 g/mol. The number of anilines is 1. The molecule has 1 aliphatic rings. The number of ether oxygens (including phenoxy) is 1. The van der Waals surface area contributed by atoms with Crippen LogP contribution in [0.1, 0.15) is 22.9 Å². The van der Waals surface area contributed by atoms with Gasteiger partial charge in [0.05, 0.1) is 30.2 Å². The molecule has 3 aromatic rings. The van der Waals surface area contributed by atoms with E-state index in [2.05, 4.69) is 10.3 Å². The van der Waals surface area contributed by atoms with Crippen molar-refractivity contribution in [2.75, 3.05) is 19.0 Å². The molecular weight excluding hydrogens is 413 g/mol. The number of carbonyl (C=O) groups excluding carboxylic acids is 1. The minimum Gasteiger partial charge on any atom is -0.373 e. The Morgan fingerprint density at radius 2 is 1.90 bits per heavy atom. The number of H-pyrrole nitrogens is 1. The monoisotopic (exact) mass is 428 g/mol. The summed E-state index contributed by atoms with van der Waals surface area (Å²) in [5.41, 5.74) is 0.167. The Balaban J connectivity index is 1.73. The van der Waals surface area contributed by atoms with E-state index in [1.807, 2.05) is 0 Å². The van der Waals surface area contributed by atoms with E-state index in [4.69, 9.17) is 10.00 Å². The van der Waals surface area contributed by atoms with Gasteiger partial charge in [-0.2, -0.15) is 5.26 Å². The highest BCUT2D eigenvalue weighted by molar-refractivity contribution is 5.91. The molecule has 0 aliphatic carbocycles. The van der Waals surface area contributed by atoms with Crippen molar-refractivity contribution in [3.8, 4) is 6.07 Å². The second kappa shape index (κ2) is 7.77. The van der Waals surface area contributed by atoms with Crippen LogP contribution < -0.4 is 10.9 Å². The molecule has 158 valence electrons. The molecule has 1 atom stereocenters. The smallest absolute Gasteiger partial charge is 0.322 e. The van der Waals surface area contributed by atoms with Gasteiger partial charge in [-0.3, -0.25) is 4.79 Å². The number of hydrogen-bond donors (Lipinski definition) is 2. The summed E-state index contributed by atoms with van der Waals surface area (Å²) in [6.07, 6.45) is 0. The molecule has 0 unspecified atom stereocenters. The Hall–Kier alpha value is -3.84. The molecule has 0 saturated heterocycles. The molecule has 7 nitrogen and oxygen atoms in total. The molecule has 10 heteroatoms. The topological polar surface area (TPSA) is 98.2 Å². The van der Waals surface area contributed by atoms with Gasteiger partial charge in [0.2, 0.25) is 0 Å². The van der Waals surface area contributed by atoms with Crippen molar-refractivity contribution >= 4 is 22.5 Å². The molecule has 1 aliphatic heterocycles. The second-order valence-electron chi connectivity index (χ2n) is 7.04. The lowest BCUT2D eigenvalue weighted by Crippen LogP contribution is -2.39. The van der Waals surface area contributed by atoms with Crippen molar-refractivity contribution in [2.45, 2.75) is 12.6 Å². The number of pyridine rings is 1. The number of benzene rings is 2. The fourth-order valence-corrected chi connectivity index (χ4v) is 3.59. The van der Waals surface area contributed by atoms with Crippen molar-refractivity contribution in [1.29, 1.82) is 5.26 Å². The predicted octanol–water partition coefficient (Wildman–Crippen LogP) is 3.55. The number of nitrogens with one attached hydrogen (secondary N) is 2. The molecule has 0 saturated carbocycles. The number of amides is 2. The van der Waals surface area contributed by atoms with Crippen LogP contribution in [0.25, 0.3) is 10.8 Å². The van der Waals surface area contributed by atoms with Crippen LogP contribution in [0, 0.1) is 28.8 Å². The maximum absolute atomic E-state index is 14.0. The SMILES string of the molecule is CN(C(=O)Nc1ccc(F)c(C#N)c1)[C@H]1COCc2[nH]c(=O)c3cc(F)c(F)cc3c21. The quantitative estimate of drug-likeness (QED) is 0.652. The van der Waals surface area contributed by atoms with Crippen LogP contribution in [0.15, 0.2) is 35.1 Å². The maximum atomic E-state index is 14.0. The molecule has 1 aromatic heterocycles. The van der Waals surface area contributed by atoms with Gasteiger partial charge in [0.25, 0.3) is 5.56 Å². The fourth-order valence-electron chi connectivity index (χ4n) is 3.59. The highest BCUT2D eigenvalue weighted by Gasteiger charge is 2.31. The van der Waals surface area contributed by atoms with Crippen molar-refractivity contribution in [2.24, 2.45) is 0 Å². The summed E-state index contributed by atoms with van der Waals surface area (Å²) in [7, 11) is 1.46. The fraction of sp³-hybridized carbons (Fsp3) is 0.190. The van der Waals surface area contributed by atoms with Gasteiger partial charge in [0.1, 0.15) is 11.9 Å². The number of carbonyl (C=O) groups is 1. The minimum atomic E-state index is -1.16. The van der Waals surface area contributed by atoms with E-state index in [9.17, 15) is 22.8 Å². The summed E-state index contributed by atoms with van der Waals surface area (Å²) < 4.78 is 46.7. The Morgan fingerprint density at radius 1 is 1.19 bits per heavy atom. The van der Waals surface area contributed by atoms with E-state index < -0.39 is 35.1 Å². The van der Waals surface area contributed by atoms with Gasteiger partial charge in [0.15, 0.2) is 11.6 Å². The molecular formula is C21H15F3N4O3. The van der Waals surface area contributed by atoms with Crippen LogP contribution in [-0.4, -0.2) is 29.6 Å². The summed E-state index contributed by atoms with van der Waals surface area (Å²) in [6, 6.07) is 5.65. The van der Waals surface area contributed by atoms with Crippen LogP contribution in [0.5, 0.6) is 0 Å². The number of aromatic amines is 1. The third-order valence-electron chi connectivity index (χ3n) is 5.17. The zero-order valence-corrected chi connectivity index (χ0v) is 16.1. The van der Waals surface area contributed by atoms with Crippen LogP contribution >= 0.6 is 0 Å². The lowest BCUT2D eigenvalue weighted by molar-refractivity contribution is 0.0527. The zero-order chi connectivity index (χ0) is 22.3. The molecule has 2 amide bonds. The summed E-state index contributed by atoms with van der Waals surface area (Å²) >= 11 is 0. The van der Waals surface area contributed by atoms with Crippen molar-refractivity contribution in [3.63, 3.8) is 0 Å². The number of fused-ring (bicyclic) bond motifs is 3. The Labute approximate surface area is 173 Å². The lowest BCUT2D eigenvalue weighted by atomic mass is 9.95. The van der Waals surface area contributed by atoms with Gasteiger partial charge in [-0.1, -0.05) is 0 Å². The first-order valence-corrected chi connectivity index (χ1v) is 9.15. The number of halogens is 3. The first kappa shape index (κ1) is 20.4. The number of urea groups is 1. The molecule has 0 bridgehead atoms. The predicted molar refractivity (Wildman–Crippen MR) is 105 cm³/mol. The van der Waals surface area contributed by atoms with Crippen molar-refractivity contribution < 1.29 is 22.7 Å². The number of nitrogens with zero attached hydrogens (tertiary/aromatic N) is 2. The third kappa shape index (κ3) is 3.60. The van der Waals surface area contributed by atoms with Gasteiger partial charge < -0.3 is 19.9 Å². The highest BCUT2D eigenvalue weighted by atomic mass is 19.2. The number of hydrogen-bond acceptors (Lipinski definition) is 4. The average Bonchev–Trinajstić information content (AvgIpc) is 2.75. The number of aromatic nitrogens is 1. The van der Waals surface area contributed by atoms with Crippen molar-refractivity contribution in [1.82, 2.24) is 9.88 Å². The number of likely N-dealkylation sites (N-methyl/N-ethyl adjacent to an activating group) is 1. The van der Waals surface area contributed by atoms with E-state index in [-0.39, 0.29) is 35.2 Å². The molecule has 0 fully saturated rings. The van der Waals surface area contributed by atoms with Gasteiger partial charge in [-0.15, -0.1) is 0 Å². The lowest BCUT2D eigenvalue weighted by Gasteiger charge is -2.33. The van der Waals surface area contributed by atoms with E-state index >= 15 is 0 Å². The van der Waals surface area contributed by atoms with Crippen LogP contribution in [0.3, 0.4) is 0 Å². The maximum Gasteiger partial charge on any atom is 0.322 e. The first-order chi connectivity index (χ1) is 14.8. The van der Waals surface area contributed by atoms with Crippen LogP contribution in [0.4, 0.5) is 23.7 Å². The number of rotatable bonds is 2. The molecule has 4 rings (SSSR count). The Morgan fingerprint density at radius 3 is 2.61 bits per heavy atom. The van der Waals surface area contributed by atoms with Gasteiger partial charge >= 0.3 is 6.03 Å². The first-order valence-electron chi connectivity index (χ1n) is 9.15. The van der Waals surface area contributed by atoms with Gasteiger partial charge in [-0.25, -0.2) is 18.0 Å². The molecule has 2 aromatic carbocycles. The van der Waals surface area contributed by atoms with Crippen molar-refractivity contribution in [3.05, 3.63) is 75.0 Å². The summed E-state index contributed by atoms with van der Waals surface area (Å²) in [5.74, 6) is -2.99. The van der Waals surface area contributed by atoms with Crippen LogP contribution in [-0.2, 0) is 11.3 Å². The molecule has 0 radical (unpaired) electrons. The number of nitriles is 1. The standard InChI is InChI=1S/C21H15F3N4O3/c1-28(21(30)26-11-2-3-14(22)10(4-11)7-25)18-9-31-8-17-19(18)12-5-15(23)16(24)6-13(12)20(29)27-17/h2-6,18H,8-9H2,1H3,(H,26,30)(H,27,29)/t18-/m0/s1. The molecule has 2 heterocycles. The largest absolute Gasteiger partial charge is 0.373 e. The normalized spacial score (nSPS) is 15.3. The van der Waals surface area contributed by atoms with E-state index in [0.717, 1.165) is 18.2 Å². The van der Waals surface area contributed by atoms with Crippen LogP contribution in [0.2, 0.25) is 0 Å². The van der Waals surface area contributed by atoms with E-state index in [1.165, 1.54) is 24.1 Å². The highest BCUT2D eigenvalue weighted by Crippen LogP contribution is 2.34. The second-order valence-corrected chi connectivity index (χ2v) is 7.04. The van der Waals surface area contributed by atoms with E-state index in [1.54, 1.807) is 6.07 Å². The zero-order valence-electron chi connectivity index (χ0n) is 16.1. The summed E-state index contributed by atoms with van der Waals surface area (Å²) in [4.78, 5) is 29.0. The molecule has 0 spiro atoms. The summed E-state index contributed by atoms with van der Waals surface area (Å²) in [6.45, 7) is 0.0822. The Bertz CT molecular complexity index is 1320.